The summed E-state index contributed by atoms with van der Waals surface area (Å²) in [6.45, 7) is 4.01. The van der Waals surface area contributed by atoms with Crippen LogP contribution in [0.4, 0.5) is 4.79 Å². The quantitative estimate of drug-likeness (QED) is 0.738. The first-order valence-corrected chi connectivity index (χ1v) is 7.81. The molecule has 3 atom stereocenters. The number of rotatable bonds is 4. The predicted molar refractivity (Wildman–Crippen MR) is 78.1 cm³/mol. The van der Waals surface area contributed by atoms with E-state index in [1.54, 1.807) is 6.92 Å². The van der Waals surface area contributed by atoms with Crippen molar-refractivity contribution >= 4 is 12.0 Å². The third kappa shape index (κ3) is 3.67. The van der Waals surface area contributed by atoms with Crippen LogP contribution in [0.2, 0.25) is 0 Å². The molecule has 1 aliphatic heterocycles. The van der Waals surface area contributed by atoms with E-state index in [0.29, 0.717) is 5.92 Å². The summed E-state index contributed by atoms with van der Waals surface area (Å²) in [7, 11) is 0. The molecule has 1 heterocycles. The fraction of sp³-hybridized carbons (Fsp3) is 0.867. The lowest BCUT2D eigenvalue weighted by Gasteiger charge is -2.30. The molecule has 2 rings (SSSR count). The molecule has 0 radical (unpaired) electrons. The number of carboxylic acid groups (broad SMARTS) is 1. The lowest BCUT2D eigenvalue weighted by atomic mass is 9.84. The lowest BCUT2D eigenvalue weighted by molar-refractivity contribution is -0.148. The molecule has 1 aliphatic carbocycles. The average molecular weight is 298 g/mol. The number of aliphatic carboxylic acids is 1. The molecule has 0 spiro atoms. The number of carbonyl (C=O) groups excluding carboxylic acids is 1. The second-order valence-electron chi connectivity index (χ2n) is 6.59. The van der Waals surface area contributed by atoms with Gasteiger partial charge in [0.2, 0.25) is 0 Å². The van der Waals surface area contributed by atoms with E-state index in [0.717, 1.165) is 12.8 Å². The van der Waals surface area contributed by atoms with Gasteiger partial charge in [0.15, 0.2) is 0 Å². The van der Waals surface area contributed by atoms with Crippen LogP contribution in [0.5, 0.6) is 0 Å². The molecule has 3 unspecified atom stereocenters. The van der Waals surface area contributed by atoms with Crippen molar-refractivity contribution in [3.05, 3.63) is 0 Å². The van der Waals surface area contributed by atoms with Crippen LogP contribution in [0.3, 0.4) is 0 Å². The molecule has 0 aromatic rings. The highest BCUT2D eigenvalue weighted by molar-refractivity contribution is 5.79. The SMILES string of the molecule is CC(NC(=O)NC1COCC1(C)C(=O)O)C1CCCCC1. The van der Waals surface area contributed by atoms with Crippen molar-refractivity contribution in [1.82, 2.24) is 10.6 Å². The van der Waals surface area contributed by atoms with E-state index in [1.165, 1.54) is 19.3 Å². The van der Waals surface area contributed by atoms with Gasteiger partial charge in [-0.25, -0.2) is 4.79 Å². The fourth-order valence-electron chi connectivity index (χ4n) is 3.24. The number of hydrogen-bond donors (Lipinski definition) is 3. The molecule has 1 saturated heterocycles. The molecule has 6 nitrogen and oxygen atoms in total. The highest BCUT2D eigenvalue weighted by Gasteiger charge is 2.47. The number of ether oxygens (including phenoxy) is 1. The van der Waals surface area contributed by atoms with Crippen molar-refractivity contribution in [3.8, 4) is 0 Å². The molecule has 2 aliphatic rings. The van der Waals surface area contributed by atoms with Crippen LogP contribution in [0.25, 0.3) is 0 Å². The Kier molecular flexibility index (Phi) is 5.08. The Morgan fingerprint density at radius 3 is 2.57 bits per heavy atom. The van der Waals surface area contributed by atoms with Crippen LogP contribution in [0.1, 0.15) is 46.0 Å². The average Bonchev–Trinajstić information content (AvgIpc) is 2.82. The van der Waals surface area contributed by atoms with Crippen molar-refractivity contribution in [2.75, 3.05) is 13.2 Å². The molecule has 0 bridgehead atoms. The first-order valence-electron chi connectivity index (χ1n) is 7.81. The van der Waals surface area contributed by atoms with Crippen molar-refractivity contribution in [3.63, 3.8) is 0 Å². The molecular formula is C15H26N2O4. The first-order chi connectivity index (χ1) is 9.93. The number of amides is 2. The van der Waals surface area contributed by atoms with Gasteiger partial charge in [-0.1, -0.05) is 19.3 Å². The summed E-state index contributed by atoms with van der Waals surface area (Å²) in [6, 6.07) is -0.673. The monoisotopic (exact) mass is 298 g/mol. The Morgan fingerprint density at radius 2 is 1.95 bits per heavy atom. The van der Waals surface area contributed by atoms with Gasteiger partial charge in [-0.2, -0.15) is 0 Å². The van der Waals surface area contributed by atoms with Crippen molar-refractivity contribution < 1.29 is 19.4 Å². The summed E-state index contributed by atoms with van der Waals surface area (Å²) < 4.78 is 5.23. The van der Waals surface area contributed by atoms with E-state index in [9.17, 15) is 14.7 Å². The Labute approximate surface area is 125 Å². The molecule has 21 heavy (non-hydrogen) atoms. The van der Waals surface area contributed by atoms with E-state index >= 15 is 0 Å². The van der Waals surface area contributed by atoms with Gasteiger partial charge in [0.25, 0.3) is 0 Å². The summed E-state index contributed by atoms with van der Waals surface area (Å²) in [5.41, 5.74) is -1.05. The second kappa shape index (κ2) is 6.64. The van der Waals surface area contributed by atoms with Crippen LogP contribution in [-0.4, -0.2) is 42.4 Å². The van der Waals surface area contributed by atoms with Crippen molar-refractivity contribution in [2.24, 2.45) is 11.3 Å². The summed E-state index contributed by atoms with van der Waals surface area (Å²) in [5.74, 6) is -0.416. The zero-order valence-electron chi connectivity index (χ0n) is 12.9. The maximum absolute atomic E-state index is 12.1. The Balaban J connectivity index is 1.85. The van der Waals surface area contributed by atoms with Crippen LogP contribution in [0.15, 0.2) is 0 Å². The summed E-state index contributed by atoms with van der Waals surface area (Å²) >= 11 is 0. The lowest BCUT2D eigenvalue weighted by Crippen LogP contribution is -2.54. The van der Waals surface area contributed by atoms with E-state index in [1.807, 2.05) is 6.92 Å². The summed E-state index contributed by atoms with van der Waals surface area (Å²) in [5, 5.41) is 15.0. The maximum atomic E-state index is 12.1. The van der Waals surface area contributed by atoms with E-state index in [4.69, 9.17) is 4.74 Å². The highest BCUT2D eigenvalue weighted by Crippen LogP contribution is 2.29. The molecule has 120 valence electrons. The number of urea groups is 1. The zero-order chi connectivity index (χ0) is 15.5. The van der Waals surface area contributed by atoms with Gasteiger partial charge < -0.3 is 20.5 Å². The fourth-order valence-corrected chi connectivity index (χ4v) is 3.24. The first kappa shape index (κ1) is 16.1. The van der Waals surface area contributed by atoms with Gasteiger partial charge in [-0.15, -0.1) is 0 Å². The predicted octanol–water partition coefficient (Wildman–Crippen LogP) is 1.74. The van der Waals surface area contributed by atoms with Crippen LogP contribution in [-0.2, 0) is 9.53 Å². The van der Waals surface area contributed by atoms with Gasteiger partial charge >= 0.3 is 12.0 Å². The normalized spacial score (nSPS) is 31.6. The molecule has 2 amide bonds. The number of hydrogen-bond acceptors (Lipinski definition) is 3. The Morgan fingerprint density at radius 1 is 1.29 bits per heavy atom. The zero-order valence-corrected chi connectivity index (χ0v) is 12.9. The molecule has 1 saturated carbocycles. The van der Waals surface area contributed by atoms with Gasteiger partial charge in [0.1, 0.15) is 5.41 Å². The molecule has 0 aromatic heterocycles. The van der Waals surface area contributed by atoms with Crippen molar-refractivity contribution in [1.29, 1.82) is 0 Å². The van der Waals surface area contributed by atoms with Crippen LogP contribution >= 0.6 is 0 Å². The Bertz CT molecular complexity index is 395. The van der Waals surface area contributed by atoms with Crippen LogP contribution in [0, 0.1) is 11.3 Å². The number of carboxylic acids is 1. The minimum atomic E-state index is -1.05. The highest BCUT2D eigenvalue weighted by atomic mass is 16.5. The van der Waals surface area contributed by atoms with Gasteiger partial charge in [-0.3, -0.25) is 4.79 Å². The smallest absolute Gasteiger partial charge is 0.315 e. The van der Waals surface area contributed by atoms with E-state index in [2.05, 4.69) is 10.6 Å². The summed E-state index contributed by atoms with van der Waals surface area (Å²) in [6.07, 6.45) is 6.05. The van der Waals surface area contributed by atoms with E-state index in [-0.39, 0.29) is 25.3 Å². The molecule has 0 aromatic carbocycles. The topological polar surface area (TPSA) is 87.7 Å². The molecule has 3 N–H and O–H groups in total. The molecular weight excluding hydrogens is 272 g/mol. The van der Waals surface area contributed by atoms with Gasteiger partial charge in [-0.05, 0) is 32.6 Å². The number of carbonyl (C=O) groups is 2. The van der Waals surface area contributed by atoms with Gasteiger partial charge in [0, 0.05) is 6.04 Å². The van der Waals surface area contributed by atoms with Crippen molar-refractivity contribution in [2.45, 2.75) is 58.0 Å². The minimum Gasteiger partial charge on any atom is -0.481 e. The molecule has 2 fully saturated rings. The minimum absolute atomic E-state index is 0.115. The molecule has 6 heteroatoms. The summed E-state index contributed by atoms with van der Waals surface area (Å²) in [4.78, 5) is 23.4. The van der Waals surface area contributed by atoms with Gasteiger partial charge in [0.05, 0.1) is 19.3 Å². The Hall–Kier alpha value is -1.30. The maximum Gasteiger partial charge on any atom is 0.315 e. The largest absolute Gasteiger partial charge is 0.481 e. The third-order valence-corrected chi connectivity index (χ3v) is 4.97. The number of nitrogens with one attached hydrogen (secondary N) is 2. The van der Waals surface area contributed by atoms with E-state index < -0.39 is 17.4 Å². The van der Waals surface area contributed by atoms with Crippen LogP contribution < -0.4 is 10.6 Å². The standard InChI is InChI=1S/C15H26N2O4/c1-10(11-6-4-3-5-7-11)16-14(20)17-12-8-21-9-15(12,2)13(18)19/h10-12H,3-9H2,1-2H3,(H,18,19)(H2,16,17,20). The third-order valence-electron chi connectivity index (χ3n) is 4.97. The second-order valence-corrected chi connectivity index (χ2v) is 6.59.